The normalized spacial score (nSPS) is 11.8. The molecule has 0 aromatic heterocycles. The number of carbonyl (C=O) groups excluding carboxylic acids is 1. The lowest BCUT2D eigenvalue weighted by Gasteiger charge is -2.14. The zero-order valence-electron chi connectivity index (χ0n) is 10.8. The van der Waals surface area contributed by atoms with E-state index in [2.05, 4.69) is 21.2 Å². The molecule has 0 bridgehead atoms. The molecular formula is C13H18BrNO3. The summed E-state index contributed by atoms with van der Waals surface area (Å²) in [7, 11) is 3.11. The quantitative estimate of drug-likeness (QED) is 0.821. The third kappa shape index (κ3) is 3.91. The van der Waals surface area contributed by atoms with E-state index in [-0.39, 0.29) is 11.9 Å². The van der Waals surface area contributed by atoms with Gasteiger partial charge in [0.15, 0.2) is 0 Å². The van der Waals surface area contributed by atoms with Crippen LogP contribution in [0.15, 0.2) is 18.2 Å². The van der Waals surface area contributed by atoms with Crippen LogP contribution in [-0.2, 0) is 0 Å². The summed E-state index contributed by atoms with van der Waals surface area (Å²) < 4.78 is 10.3. The van der Waals surface area contributed by atoms with Crippen LogP contribution < -0.4 is 14.8 Å². The van der Waals surface area contributed by atoms with Crippen LogP contribution in [0.2, 0.25) is 0 Å². The predicted octanol–water partition coefficient (Wildman–Crippen LogP) is 2.61. The van der Waals surface area contributed by atoms with Gasteiger partial charge in [0.2, 0.25) is 0 Å². The van der Waals surface area contributed by atoms with Gasteiger partial charge in [-0.05, 0) is 25.5 Å². The Labute approximate surface area is 116 Å². The third-order valence-electron chi connectivity index (χ3n) is 2.57. The summed E-state index contributed by atoms with van der Waals surface area (Å²) in [5.41, 5.74) is 0.514. The molecule has 1 N–H and O–H groups in total. The smallest absolute Gasteiger partial charge is 0.255 e. The van der Waals surface area contributed by atoms with Crippen LogP contribution >= 0.6 is 15.9 Å². The predicted molar refractivity (Wildman–Crippen MR) is 74.9 cm³/mol. The first-order chi connectivity index (χ1) is 8.62. The van der Waals surface area contributed by atoms with E-state index in [1.54, 1.807) is 25.3 Å². The van der Waals surface area contributed by atoms with E-state index in [0.29, 0.717) is 17.1 Å². The van der Waals surface area contributed by atoms with Crippen LogP contribution in [0, 0.1) is 0 Å². The van der Waals surface area contributed by atoms with Gasteiger partial charge in [-0.1, -0.05) is 15.9 Å². The maximum Gasteiger partial charge on any atom is 0.255 e. The van der Waals surface area contributed by atoms with Crippen LogP contribution in [0.25, 0.3) is 0 Å². The Morgan fingerprint density at radius 2 is 2.11 bits per heavy atom. The molecule has 0 spiro atoms. The SMILES string of the molecule is COc1ccc(C(=O)NC(C)CCBr)c(OC)c1. The minimum atomic E-state index is -0.136. The molecule has 0 saturated heterocycles. The topological polar surface area (TPSA) is 47.6 Å². The Balaban J connectivity index is 2.84. The molecule has 0 fully saturated rings. The molecule has 1 rings (SSSR count). The number of methoxy groups -OCH3 is 2. The summed E-state index contributed by atoms with van der Waals surface area (Å²) in [6.07, 6.45) is 0.879. The highest BCUT2D eigenvalue weighted by molar-refractivity contribution is 9.09. The minimum absolute atomic E-state index is 0.115. The van der Waals surface area contributed by atoms with Gasteiger partial charge in [0, 0.05) is 17.4 Å². The number of alkyl halides is 1. The third-order valence-corrected chi connectivity index (χ3v) is 3.03. The second-order valence-electron chi connectivity index (χ2n) is 3.92. The molecule has 0 saturated carbocycles. The summed E-state index contributed by atoms with van der Waals surface area (Å²) in [6, 6.07) is 5.26. The summed E-state index contributed by atoms with van der Waals surface area (Å²) in [5, 5.41) is 3.77. The van der Waals surface area contributed by atoms with Crippen LogP contribution in [0.4, 0.5) is 0 Å². The Morgan fingerprint density at radius 3 is 2.67 bits per heavy atom. The van der Waals surface area contributed by atoms with Gasteiger partial charge in [0.05, 0.1) is 19.8 Å². The average Bonchev–Trinajstić information content (AvgIpc) is 2.38. The van der Waals surface area contributed by atoms with Crippen LogP contribution in [0.1, 0.15) is 23.7 Å². The Bertz CT molecular complexity index is 409. The summed E-state index contributed by atoms with van der Waals surface area (Å²) in [5.74, 6) is 1.04. The Hall–Kier alpha value is -1.23. The molecule has 1 aromatic carbocycles. The van der Waals surface area contributed by atoms with Gasteiger partial charge in [0.1, 0.15) is 11.5 Å². The number of ether oxygens (including phenoxy) is 2. The number of rotatable bonds is 6. The van der Waals surface area contributed by atoms with Crippen molar-refractivity contribution in [3.63, 3.8) is 0 Å². The van der Waals surface area contributed by atoms with Gasteiger partial charge in [0.25, 0.3) is 5.91 Å². The second-order valence-corrected chi connectivity index (χ2v) is 4.71. The van der Waals surface area contributed by atoms with Crippen molar-refractivity contribution in [3.05, 3.63) is 23.8 Å². The Kier molecular flexibility index (Phi) is 5.98. The second kappa shape index (κ2) is 7.26. The van der Waals surface area contributed by atoms with Crippen LogP contribution in [0.5, 0.6) is 11.5 Å². The Morgan fingerprint density at radius 1 is 1.39 bits per heavy atom. The number of amides is 1. The number of hydrogen-bond acceptors (Lipinski definition) is 3. The van der Waals surface area contributed by atoms with Crippen LogP contribution in [-0.4, -0.2) is 31.5 Å². The fraction of sp³-hybridized carbons (Fsp3) is 0.462. The first-order valence-electron chi connectivity index (χ1n) is 5.71. The fourth-order valence-corrected chi connectivity index (χ4v) is 2.21. The van der Waals surface area contributed by atoms with Crippen molar-refractivity contribution in [1.29, 1.82) is 0 Å². The van der Waals surface area contributed by atoms with E-state index in [9.17, 15) is 4.79 Å². The summed E-state index contributed by atoms with van der Waals surface area (Å²) in [6.45, 7) is 1.97. The van der Waals surface area contributed by atoms with E-state index in [1.807, 2.05) is 6.92 Å². The highest BCUT2D eigenvalue weighted by atomic mass is 79.9. The standard InChI is InChI=1S/C13H18BrNO3/c1-9(6-7-14)15-13(16)11-5-4-10(17-2)8-12(11)18-3/h4-5,8-9H,6-7H2,1-3H3,(H,15,16). The lowest BCUT2D eigenvalue weighted by molar-refractivity contribution is 0.0936. The van der Waals surface area contributed by atoms with Crippen LogP contribution in [0.3, 0.4) is 0 Å². The molecule has 5 heteroatoms. The van der Waals surface area contributed by atoms with Gasteiger partial charge in [-0.2, -0.15) is 0 Å². The van der Waals surface area contributed by atoms with E-state index in [0.717, 1.165) is 11.8 Å². The summed E-state index contributed by atoms with van der Waals surface area (Å²) >= 11 is 3.35. The number of hydrogen-bond donors (Lipinski definition) is 1. The van der Waals surface area contributed by atoms with Gasteiger partial charge in [-0.3, -0.25) is 4.79 Å². The molecule has 0 heterocycles. The van der Waals surface area contributed by atoms with Crippen molar-refractivity contribution in [2.45, 2.75) is 19.4 Å². The van der Waals surface area contributed by atoms with E-state index < -0.39 is 0 Å². The number of halogens is 1. The molecule has 0 aliphatic rings. The van der Waals surface area contributed by atoms with Crippen molar-refractivity contribution in [2.75, 3.05) is 19.5 Å². The number of nitrogens with one attached hydrogen (secondary N) is 1. The van der Waals surface area contributed by atoms with Crippen molar-refractivity contribution in [3.8, 4) is 11.5 Å². The number of benzene rings is 1. The highest BCUT2D eigenvalue weighted by Gasteiger charge is 2.15. The molecule has 100 valence electrons. The zero-order chi connectivity index (χ0) is 13.5. The monoisotopic (exact) mass is 315 g/mol. The zero-order valence-corrected chi connectivity index (χ0v) is 12.4. The van der Waals surface area contributed by atoms with Crippen molar-refractivity contribution >= 4 is 21.8 Å². The molecule has 1 aromatic rings. The maximum absolute atomic E-state index is 12.1. The average molecular weight is 316 g/mol. The number of carbonyl (C=O) groups is 1. The molecule has 0 aliphatic carbocycles. The first kappa shape index (κ1) is 14.8. The molecule has 1 atom stereocenters. The van der Waals surface area contributed by atoms with E-state index in [4.69, 9.17) is 9.47 Å². The lowest BCUT2D eigenvalue weighted by Crippen LogP contribution is -2.33. The first-order valence-corrected chi connectivity index (χ1v) is 6.83. The molecule has 0 radical (unpaired) electrons. The lowest BCUT2D eigenvalue weighted by atomic mass is 10.1. The summed E-state index contributed by atoms with van der Waals surface area (Å²) in [4.78, 5) is 12.1. The van der Waals surface area contributed by atoms with Gasteiger partial charge in [-0.15, -0.1) is 0 Å². The molecular weight excluding hydrogens is 298 g/mol. The van der Waals surface area contributed by atoms with Gasteiger partial charge in [-0.25, -0.2) is 0 Å². The molecule has 4 nitrogen and oxygen atoms in total. The molecule has 18 heavy (non-hydrogen) atoms. The minimum Gasteiger partial charge on any atom is -0.497 e. The molecule has 0 aliphatic heterocycles. The molecule has 1 unspecified atom stereocenters. The van der Waals surface area contributed by atoms with Crippen molar-refractivity contribution in [1.82, 2.24) is 5.32 Å². The highest BCUT2D eigenvalue weighted by Crippen LogP contribution is 2.24. The van der Waals surface area contributed by atoms with E-state index >= 15 is 0 Å². The fourth-order valence-electron chi connectivity index (χ4n) is 1.52. The van der Waals surface area contributed by atoms with Crippen molar-refractivity contribution < 1.29 is 14.3 Å². The van der Waals surface area contributed by atoms with Gasteiger partial charge >= 0.3 is 0 Å². The molecule has 1 amide bonds. The van der Waals surface area contributed by atoms with E-state index in [1.165, 1.54) is 7.11 Å². The van der Waals surface area contributed by atoms with Crippen molar-refractivity contribution in [2.24, 2.45) is 0 Å². The maximum atomic E-state index is 12.1. The van der Waals surface area contributed by atoms with Gasteiger partial charge < -0.3 is 14.8 Å². The largest absolute Gasteiger partial charge is 0.497 e.